The van der Waals surface area contributed by atoms with Crippen LogP contribution in [-0.4, -0.2) is 12.2 Å². The van der Waals surface area contributed by atoms with Gasteiger partial charge in [-0.05, 0) is 12.8 Å². The molecule has 0 bridgehead atoms. The third kappa shape index (κ3) is 9.80. The van der Waals surface area contributed by atoms with Crippen LogP contribution in [0.25, 0.3) is 0 Å². The summed E-state index contributed by atoms with van der Waals surface area (Å²) >= 11 is 0. The van der Waals surface area contributed by atoms with Crippen molar-refractivity contribution in [3.05, 3.63) is 0 Å². The normalized spacial score (nSPS) is 21.3. The summed E-state index contributed by atoms with van der Waals surface area (Å²) in [5.41, 5.74) is 0. The number of hydrogen-bond donors (Lipinski definition) is 0. The predicted molar refractivity (Wildman–Crippen MR) is 89.3 cm³/mol. The van der Waals surface area contributed by atoms with Crippen LogP contribution in [-0.2, 0) is 4.74 Å². The molecule has 1 heteroatoms. The average molecular weight is 283 g/mol. The van der Waals surface area contributed by atoms with Gasteiger partial charge in [0, 0.05) is 0 Å². The summed E-state index contributed by atoms with van der Waals surface area (Å²) in [6, 6.07) is 0. The van der Waals surface area contributed by atoms with Crippen molar-refractivity contribution in [2.45, 2.75) is 122 Å². The van der Waals surface area contributed by atoms with E-state index in [1.807, 2.05) is 0 Å². The van der Waals surface area contributed by atoms with Gasteiger partial charge >= 0.3 is 0 Å². The van der Waals surface area contributed by atoms with Gasteiger partial charge in [0.25, 0.3) is 0 Å². The highest BCUT2D eigenvalue weighted by molar-refractivity contribution is 4.84. The fourth-order valence-corrected chi connectivity index (χ4v) is 3.12. The van der Waals surface area contributed by atoms with Gasteiger partial charge in [-0.25, -0.2) is 0 Å². The Morgan fingerprint density at radius 1 is 0.500 bits per heavy atom. The zero-order valence-electron chi connectivity index (χ0n) is 14.2. The largest absolute Gasteiger partial charge is 0.370 e. The summed E-state index contributed by atoms with van der Waals surface area (Å²) in [5, 5.41) is 0. The van der Waals surface area contributed by atoms with Gasteiger partial charge in [-0.3, -0.25) is 0 Å². The maximum absolute atomic E-state index is 5.78. The van der Waals surface area contributed by atoms with Crippen LogP contribution in [0.15, 0.2) is 0 Å². The van der Waals surface area contributed by atoms with Crippen LogP contribution in [0.5, 0.6) is 0 Å². The fraction of sp³-hybridized carbons (Fsp3) is 1.00. The monoisotopic (exact) mass is 282 g/mol. The molecule has 0 unspecified atom stereocenters. The lowest BCUT2D eigenvalue weighted by molar-refractivity contribution is 0.347. The highest BCUT2D eigenvalue weighted by Crippen LogP contribution is 2.31. The van der Waals surface area contributed by atoms with Crippen LogP contribution >= 0.6 is 0 Å². The first kappa shape index (κ1) is 18.0. The molecule has 1 rings (SSSR count). The van der Waals surface area contributed by atoms with E-state index in [0.717, 1.165) is 0 Å². The van der Waals surface area contributed by atoms with E-state index < -0.39 is 0 Å². The van der Waals surface area contributed by atoms with Gasteiger partial charge in [0.1, 0.15) is 0 Å². The minimum absolute atomic E-state index is 0.640. The highest BCUT2D eigenvalue weighted by Gasteiger charge is 2.36. The highest BCUT2D eigenvalue weighted by atomic mass is 16.6. The molecule has 0 aromatic heterocycles. The van der Waals surface area contributed by atoms with Gasteiger partial charge in [0.2, 0.25) is 0 Å². The number of unbranched alkanes of at least 4 members (excludes halogenated alkanes) is 11. The number of epoxide rings is 1. The molecule has 1 saturated heterocycles. The van der Waals surface area contributed by atoms with E-state index in [4.69, 9.17) is 4.74 Å². The van der Waals surface area contributed by atoms with E-state index >= 15 is 0 Å². The molecular formula is C19H38O. The Morgan fingerprint density at radius 3 is 1.25 bits per heavy atom. The average Bonchev–Trinajstić information content (AvgIpc) is 3.20. The van der Waals surface area contributed by atoms with E-state index in [2.05, 4.69) is 13.8 Å². The second-order valence-electron chi connectivity index (χ2n) is 6.68. The molecule has 0 saturated carbocycles. The molecule has 2 atom stereocenters. The Bertz CT molecular complexity index is 202. The van der Waals surface area contributed by atoms with Crippen molar-refractivity contribution in [1.29, 1.82) is 0 Å². The first-order valence-electron chi connectivity index (χ1n) is 9.54. The van der Waals surface area contributed by atoms with Gasteiger partial charge < -0.3 is 4.74 Å². The molecule has 0 spiro atoms. The van der Waals surface area contributed by atoms with Crippen molar-refractivity contribution < 1.29 is 4.74 Å². The van der Waals surface area contributed by atoms with Crippen molar-refractivity contribution in [3.63, 3.8) is 0 Å². The SMILES string of the molecule is CCCCCCCCCC[C@@H]1O[C@@H]1CCCCCCC. The van der Waals surface area contributed by atoms with Crippen molar-refractivity contribution >= 4 is 0 Å². The molecule has 0 aliphatic carbocycles. The lowest BCUT2D eigenvalue weighted by Crippen LogP contribution is -1.94. The second-order valence-corrected chi connectivity index (χ2v) is 6.68. The van der Waals surface area contributed by atoms with Gasteiger partial charge in [-0.2, -0.15) is 0 Å². The summed E-state index contributed by atoms with van der Waals surface area (Å²) in [6.07, 6.45) is 22.3. The van der Waals surface area contributed by atoms with Crippen molar-refractivity contribution in [1.82, 2.24) is 0 Å². The number of ether oxygens (including phenoxy) is 1. The molecule has 0 aromatic rings. The maximum Gasteiger partial charge on any atom is 0.0841 e. The van der Waals surface area contributed by atoms with E-state index in [9.17, 15) is 0 Å². The molecule has 1 heterocycles. The summed E-state index contributed by atoms with van der Waals surface area (Å²) in [7, 11) is 0. The van der Waals surface area contributed by atoms with Crippen LogP contribution in [0.4, 0.5) is 0 Å². The zero-order valence-corrected chi connectivity index (χ0v) is 14.2. The first-order chi connectivity index (χ1) is 9.88. The predicted octanol–water partition coefficient (Wildman–Crippen LogP) is 6.65. The summed E-state index contributed by atoms with van der Waals surface area (Å²) in [4.78, 5) is 0. The smallest absolute Gasteiger partial charge is 0.0841 e. The molecule has 1 aliphatic heterocycles. The quantitative estimate of drug-likeness (QED) is 0.242. The molecule has 1 nitrogen and oxygen atoms in total. The van der Waals surface area contributed by atoms with E-state index in [1.165, 1.54) is 96.3 Å². The van der Waals surface area contributed by atoms with Crippen molar-refractivity contribution in [2.24, 2.45) is 0 Å². The van der Waals surface area contributed by atoms with Gasteiger partial charge in [-0.1, -0.05) is 97.3 Å². The lowest BCUT2D eigenvalue weighted by Gasteiger charge is -2.00. The first-order valence-corrected chi connectivity index (χ1v) is 9.54. The minimum Gasteiger partial charge on any atom is -0.370 e. The summed E-state index contributed by atoms with van der Waals surface area (Å²) in [6.45, 7) is 4.57. The summed E-state index contributed by atoms with van der Waals surface area (Å²) < 4.78 is 5.78. The zero-order chi connectivity index (χ0) is 14.5. The second kappa shape index (κ2) is 12.7. The maximum atomic E-state index is 5.78. The van der Waals surface area contributed by atoms with Crippen LogP contribution in [0.2, 0.25) is 0 Å². The number of hydrogen-bond acceptors (Lipinski definition) is 1. The molecule has 20 heavy (non-hydrogen) atoms. The van der Waals surface area contributed by atoms with Crippen LogP contribution in [0.1, 0.15) is 110 Å². The minimum atomic E-state index is 0.640. The Morgan fingerprint density at radius 2 is 0.850 bits per heavy atom. The van der Waals surface area contributed by atoms with Crippen molar-refractivity contribution in [2.75, 3.05) is 0 Å². The fourth-order valence-electron chi connectivity index (χ4n) is 3.12. The topological polar surface area (TPSA) is 12.5 Å². The van der Waals surface area contributed by atoms with E-state index in [0.29, 0.717) is 12.2 Å². The summed E-state index contributed by atoms with van der Waals surface area (Å²) in [5.74, 6) is 0. The molecule has 0 aromatic carbocycles. The Hall–Kier alpha value is -0.0400. The van der Waals surface area contributed by atoms with E-state index in [1.54, 1.807) is 0 Å². The molecule has 0 radical (unpaired) electrons. The third-order valence-corrected chi connectivity index (χ3v) is 4.62. The van der Waals surface area contributed by atoms with Crippen LogP contribution < -0.4 is 0 Å². The van der Waals surface area contributed by atoms with Gasteiger partial charge in [0.15, 0.2) is 0 Å². The molecule has 0 N–H and O–H groups in total. The Balaban J connectivity index is 1.74. The lowest BCUT2D eigenvalue weighted by atomic mass is 10.0. The molecule has 1 aliphatic rings. The molecule has 1 fully saturated rings. The molecule has 120 valence electrons. The third-order valence-electron chi connectivity index (χ3n) is 4.62. The van der Waals surface area contributed by atoms with Crippen molar-refractivity contribution in [3.8, 4) is 0 Å². The molecular weight excluding hydrogens is 244 g/mol. The van der Waals surface area contributed by atoms with E-state index in [-0.39, 0.29) is 0 Å². The van der Waals surface area contributed by atoms with Gasteiger partial charge in [0.05, 0.1) is 12.2 Å². The van der Waals surface area contributed by atoms with Gasteiger partial charge in [-0.15, -0.1) is 0 Å². The molecule has 0 amide bonds. The Kier molecular flexibility index (Phi) is 11.4. The van der Waals surface area contributed by atoms with Crippen LogP contribution in [0.3, 0.4) is 0 Å². The van der Waals surface area contributed by atoms with Crippen LogP contribution in [0, 0.1) is 0 Å². The number of rotatable bonds is 15. The Labute approximate surface area is 127 Å². The standard InChI is InChI=1S/C19H38O/c1-3-5-7-9-10-11-13-15-17-19-18(20-19)16-14-12-8-6-4-2/h18-19H,3-17H2,1-2H3/t18-,19+/m1/s1.